The molecule has 5 rings (SSSR count). The van der Waals surface area contributed by atoms with Gasteiger partial charge in [0.05, 0.1) is 23.2 Å². The second-order valence-corrected chi connectivity index (χ2v) is 11.9. The molecule has 0 saturated heterocycles. The van der Waals surface area contributed by atoms with Crippen LogP contribution < -0.4 is 21.3 Å². The molecule has 2 aromatic rings. The number of aromatic hydroxyl groups is 1. The summed E-state index contributed by atoms with van der Waals surface area (Å²) in [5.41, 5.74) is 2.98. The van der Waals surface area contributed by atoms with Gasteiger partial charge in [-0.25, -0.2) is 9.18 Å². The molecule has 14 heteroatoms. The van der Waals surface area contributed by atoms with Crippen LogP contribution in [0.5, 0.6) is 5.75 Å². The van der Waals surface area contributed by atoms with Gasteiger partial charge in [0.15, 0.2) is 34.7 Å². The largest absolute Gasteiger partial charge is 0.505 e. The minimum absolute atomic E-state index is 0.0582. The predicted octanol–water partition coefficient (Wildman–Crippen LogP) is 0.716. The van der Waals surface area contributed by atoms with Crippen molar-refractivity contribution in [3.63, 3.8) is 0 Å². The Kier molecular flexibility index (Phi) is 7.54. The van der Waals surface area contributed by atoms with E-state index in [1.54, 1.807) is 19.0 Å². The Hall–Kier alpha value is -4.69. The number of carbonyl (C=O) groups is 6. The van der Waals surface area contributed by atoms with E-state index in [2.05, 4.69) is 10.6 Å². The van der Waals surface area contributed by atoms with Crippen LogP contribution in [0.15, 0.2) is 30.3 Å². The summed E-state index contributed by atoms with van der Waals surface area (Å²) in [7, 11) is 6.37. The number of primary amides is 1. The summed E-state index contributed by atoms with van der Waals surface area (Å²) in [4.78, 5) is 82.8. The summed E-state index contributed by atoms with van der Waals surface area (Å²) in [6.45, 7) is 0. The average Bonchev–Trinajstić information content (AvgIpc) is 2.91. The van der Waals surface area contributed by atoms with Crippen LogP contribution in [0, 0.1) is 29.5 Å². The van der Waals surface area contributed by atoms with E-state index in [0.29, 0.717) is 11.3 Å². The van der Waals surface area contributed by atoms with Gasteiger partial charge in [-0.15, -0.1) is 0 Å². The molecule has 0 aromatic heterocycles. The zero-order valence-electron chi connectivity index (χ0n) is 24.4. The summed E-state index contributed by atoms with van der Waals surface area (Å²) in [5, 5.41) is 27.9. The van der Waals surface area contributed by atoms with Crippen LogP contribution in [0.1, 0.15) is 22.3 Å². The number of benzene rings is 2. The molecule has 0 radical (unpaired) electrons. The summed E-state index contributed by atoms with van der Waals surface area (Å²) in [5.74, 6) is -12.4. The second-order valence-electron chi connectivity index (χ2n) is 11.9. The molecule has 6 N–H and O–H groups in total. The first-order valence-corrected chi connectivity index (χ1v) is 13.8. The number of urea groups is 1. The smallest absolute Gasteiger partial charge is 0.323 e. The van der Waals surface area contributed by atoms with E-state index < -0.39 is 82.0 Å². The maximum absolute atomic E-state index is 14.1. The van der Waals surface area contributed by atoms with Crippen LogP contribution in [-0.4, -0.2) is 90.0 Å². The van der Waals surface area contributed by atoms with Gasteiger partial charge in [0.1, 0.15) is 11.6 Å². The highest BCUT2D eigenvalue weighted by Crippen LogP contribution is 2.52. The average molecular weight is 610 g/mol. The lowest BCUT2D eigenvalue weighted by molar-refractivity contribution is -0.181. The number of Topliss-reactive ketones (excluding diaryl/α,β-unsaturated/α-hetero) is 4. The molecule has 2 unspecified atom stereocenters. The minimum atomic E-state index is -2.85. The Balaban J connectivity index is 1.57. The quantitative estimate of drug-likeness (QED) is 0.238. The number of nitrogens with zero attached hydrogens (tertiary/aromatic N) is 2. The van der Waals surface area contributed by atoms with Crippen LogP contribution in [0.25, 0.3) is 0 Å². The van der Waals surface area contributed by atoms with E-state index in [1.807, 2.05) is 0 Å². The number of anilines is 3. The van der Waals surface area contributed by atoms with Gasteiger partial charge >= 0.3 is 6.03 Å². The lowest BCUT2D eigenvalue weighted by Gasteiger charge is -2.52. The molecular weight excluding hydrogens is 577 g/mol. The third-order valence-corrected chi connectivity index (χ3v) is 8.85. The standard InChI is InChI=1S/C30H32FN5O8/c1-35(2)18-11-17(34-29(43)33-14-7-5-6-13(31)10-14)23(37)20-15(18)8-12-9-16-22(36(3)4)25(39)21(28(32)42)27(41)30(16,44)26(40)19(12)24(20)38/h5-7,10-12,16,19,21-22,37,44H,8-9H2,1-4H3,(H2,32,42)(H2,33,34,43)/t12-,16-,19?,21?,22+,30-/m0/s1. The number of rotatable bonds is 5. The van der Waals surface area contributed by atoms with Crippen molar-refractivity contribution >= 4 is 52.1 Å². The molecule has 3 aliphatic rings. The summed E-state index contributed by atoms with van der Waals surface area (Å²) >= 11 is 0. The van der Waals surface area contributed by atoms with Gasteiger partial charge in [0.25, 0.3) is 0 Å². The van der Waals surface area contributed by atoms with E-state index in [9.17, 15) is 43.4 Å². The molecule has 6 atom stereocenters. The van der Waals surface area contributed by atoms with E-state index in [-0.39, 0.29) is 29.8 Å². The minimum Gasteiger partial charge on any atom is -0.505 e. The number of hydrogen-bond donors (Lipinski definition) is 5. The Morgan fingerprint density at radius 1 is 1.05 bits per heavy atom. The SMILES string of the molecule is CN(C)c1cc(NC(=O)Nc2cccc(F)c2)c(O)c2c1C[C@H]1C[C@H]3[C@@H](N(C)C)C(=O)C(C(N)=O)C(=O)[C@@]3(O)C(=O)C1C2=O. The van der Waals surface area contributed by atoms with Crippen LogP contribution in [0.3, 0.4) is 0 Å². The van der Waals surface area contributed by atoms with Crippen molar-refractivity contribution in [1.29, 1.82) is 0 Å². The third kappa shape index (κ3) is 4.61. The number of nitrogens with two attached hydrogens (primary N) is 1. The Morgan fingerprint density at radius 3 is 2.32 bits per heavy atom. The Bertz CT molecular complexity index is 1640. The number of nitrogens with one attached hydrogen (secondary N) is 2. The van der Waals surface area contributed by atoms with Crippen LogP contribution in [0.2, 0.25) is 0 Å². The fourth-order valence-corrected chi connectivity index (χ4v) is 7.00. The van der Waals surface area contributed by atoms with E-state index >= 15 is 0 Å². The van der Waals surface area contributed by atoms with E-state index in [1.165, 1.54) is 43.3 Å². The predicted molar refractivity (Wildman–Crippen MR) is 155 cm³/mol. The van der Waals surface area contributed by atoms with Crippen LogP contribution >= 0.6 is 0 Å². The molecule has 44 heavy (non-hydrogen) atoms. The van der Waals surface area contributed by atoms with E-state index in [4.69, 9.17) is 5.73 Å². The maximum atomic E-state index is 14.1. The van der Waals surface area contributed by atoms with Crippen molar-refractivity contribution in [2.45, 2.75) is 24.5 Å². The molecular formula is C30H32FN5O8. The Morgan fingerprint density at radius 2 is 1.73 bits per heavy atom. The lowest BCUT2D eigenvalue weighted by Crippen LogP contribution is -2.74. The summed E-state index contributed by atoms with van der Waals surface area (Å²) in [6.07, 6.45) is -0.0315. The monoisotopic (exact) mass is 609 g/mol. The van der Waals surface area contributed by atoms with Gasteiger partial charge in [0, 0.05) is 31.4 Å². The Labute approximate surface area is 251 Å². The maximum Gasteiger partial charge on any atom is 0.323 e. The fourth-order valence-electron chi connectivity index (χ4n) is 7.00. The molecule has 3 aliphatic carbocycles. The molecule has 0 aliphatic heterocycles. The number of likely N-dealkylation sites (N-methyl/N-ethyl adjacent to an activating group) is 1. The molecule has 2 saturated carbocycles. The van der Waals surface area contributed by atoms with Gasteiger partial charge < -0.3 is 31.5 Å². The first kappa shape index (κ1) is 30.8. The molecule has 2 fully saturated rings. The molecule has 13 nitrogen and oxygen atoms in total. The number of amides is 3. The van der Waals surface area contributed by atoms with Gasteiger partial charge in [-0.05, 0) is 62.7 Å². The highest BCUT2D eigenvalue weighted by molar-refractivity contribution is 6.32. The molecule has 0 spiro atoms. The number of phenolic OH excluding ortho intramolecular Hbond substituents is 1. The molecule has 232 valence electrons. The van der Waals surface area contributed by atoms with Crippen molar-refractivity contribution in [1.82, 2.24) is 4.90 Å². The molecule has 2 aromatic carbocycles. The second kappa shape index (κ2) is 10.8. The van der Waals surface area contributed by atoms with Gasteiger partial charge in [-0.1, -0.05) is 6.07 Å². The summed E-state index contributed by atoms with van der Waals surface area (Å²) < 4.78 is 13.6. The van der Waals surface area contributed by atoms with Crippen molar-refractivity contribution in [3.05, 3.63) is 47.3 Å². The van der Waals surface area contributed by atoms with Crippen LogP contribution in [-0.2, 0) is 25.6 Å². The fraction of sp³-hybridized carbons (Fsp3) is 0.400. The lowest BCUT2D eigenvalue weighted by atomic mass is 9.52. The first-order chi connectivity index (χ1) is 20.6. The van der Waals surface area contributed by atoms with Crippen molar-refractivity contribution in [2.24, 2.45) is 29.4 Å². The van der Waals surface area contributed by atoms with Crippen molar-refractivity contribution in [2.75, 3.05) is 43.7 Å². The zero-order valence-corrected chi connectivity index (χ0v) is 24.4. The highest BCUT2D eigenvalue weighted by atomic mass is 19.1. The number of carbonyl (C=O) groups excluding carboxylic acids is 6. The van der Waals surface area contributed by atoms with Gasteiger partial charge in [-0.2, -0.15) is 0 Å². The molecule has 0 bridgehead atoms. The van der Waals surface area contributed by atoms with Crippen molar-refractivity contribution < 1.29 is 43.4 Å². The summed E-state index contributed by atoms with van der Waals surface area (Å²) in [6, 6.07) is 4.49. The number of aliphatic hydroxyl groups is 1. The number of fused-ring (bicyclic) bond motifs is 3. The van der Waals surface area contributed by atoms with Gasteiger partial charge in [-0.3, -0.25) is 28.9 Å². The topological polar surface area (TPSA) is 199 Å². The zero-order chi connectivity index (χ0) is 32.4. The molecule has 3 amide bonds. The van der Waals surface area contributed by atoms with Crippen molar-refractivity contribution in [3.8, 4) is 5.75 Å². The number of ketones is 4. The number of hydrogen-bond acceptors (Lipinski definition) is 10. The number of halogens is 1. The molecule has 0 heterocycles. The van der Waals surface area contributed by atoms with Crippen LogP contribution in [0.4, 0.5) is 26.2 Å². The van der Waals surface area contributed by atoms with E-state index in [0.717, 1.165) is 6.07 Å². The first-order valence-electron chi connectivity index (χ1n) is 13.8. The number of phenols is 1. The third-order valence-electron chi connectivity index (χ3n) is 8.85. The normalized spacial score (nSPS) is 27.8. The van der Waals surface area contributed by atoms with Gasteiger partial charge in [0.2, 0.25) is 5.91 Å². The highest BCUT2D eigenvalue weighted by Gasteiger charge is 2.69.